The average molecular weight is 509 g/mol. The van der Waals surface area contributed by atoms with Gasteiger partial charge in [0, 0.05) is 24.3 Å². The minimum Gasteiger partial charge on any atom is -0.444 e. The Labute approximate surface area is 215 Å². The molecule has 0 unspecified atom stereocenters. The van der Waals surface area contributed by atoms with Gasteiger partial charge in [-0.1, -0.05) is 26.0 Å². The van der Waals surface area contributed by atoms with Crippen LogP contribution < -0.4 is 16.0 Å². The highest BCUT2D eigenvalue weighted by atomic mass is 16.6. The lowest BCUT2D eigenvalue weighted by Crippen LogP contribution is -2.39. The summed E-state index contributed by atoms with van der Waals surface area (Å²) in [5.74, 6) is -1.39. The number of hydrogen-bond acceptors (Lipinski definition) is 6. The Morgan fingerprint density at radius 3 is 2.19 bits per heavy atom. The summed E-state index contributed by atoms with van der Waals surface area (Å²) in [7, 11) is 0. The molecule has 37 heavy (non-hydrogen) atoms. The van der Waals surface area contributed by atoms with Crippen LogP contribution in [-0.4, -0.2) is 53.3 Å². The van der Waals surface area contributed by atoms with Crippen LogP contribution in [0.1, 0.15) is 71.3 Å². The number of amides is 5. The zero-order valence-corrected chi connectivity index (χ0v) is 21.6. The fourth-order valence-electron chi connectivity index (χ4n) is 3.60. The molecule has 1 heterocycles. The number of rotatable bonds is 8. The Bertz CT molecular complexity index is 1210. The lowest BCUT2D eigenvalue weighted by molar-refractivity contribution is -0.120. The van der Waals surface area contributed by atoms with Gasteiger partial charge in [0.05, 0.1) is 11.1 Å². The van der Waals surface area contributed by atoms with Crippen LogP contribution in [0.3, 0.4) is 0 Å². The molecule has 2 aromatic rings. The van der Waals surface area contributed by atoms with E-state index >= 15 is 0 Å². The number of imide groups is 1. The molecule has 0 saturated carbocycles. The van der Waals surface area contributed by atoms with Crippen LogP contribution >= 0.6 is 0 Å². The number of nitrogens with one attached hydrogen (secondary N) is 3. The first-order valence-corrected chi connectivity index (χ1v) is 12.0. The van der Waals surface area contributed by atoms with Crippen LogP contribution in [-0.2, 0) is 16.1 Å². The molecule has 0 spiro atoms. The Morgan fingerprint density at radius 1 is 0.919 bits per heavy atom. The average Bonchev–Trinajstić information content (AvgIpc) is 3.05. The molecule has 0 bridgehead atoms. The van der Waals surface area contributed by atoms with Crippen molar-refractivity contribution in [2.24, 2.45) is 5.92 Å². The van der Waals surface area contributed by atoms with Crippen molar-refractivity contribution < 1.29 is 28.7 Å². The van der Waals surface area contributed by atoms with E-state index in [1.807, 2.05) is 13.8 Å². The summed E-state index contributed by atoms with van der Waals surface area (Å²) in [6.07, 6.45) is -0.671. The third-order valence-electron chi connectivity index (χ3n) is 5.27. The van der Waals surface area contributed by atoms with Gasteiger partial charge in [0.2, 0.25) is 5.91 Å². The highest BCUT2D eigenvalue weighted by Gasteiger charge is 2.36. The zero-order valence-electron chi connectivity index (χ0n) is 21.6. The number of carbonyl (C=O) groups excluding carboxylic acids is 5. The summed E-state index contributed by atoms with van der Waals surface area (Å²) < 4.78 is 5.08. The zero-order chi connectivity index (χ0) is 27.3. The Morgan fingerprint density at radius 2 is 1.57 bits per heavy atom. The van der Waals surface area contributed by atoms with Gasteiger partial charge in [0.25, 0.3) is 17.7 Å². The van der Waals surface area contributed by atoms with Gasteiger partial charge in [-0.2, -0.15) is 0 Å². The Balaban J connectivity index is 1.52. The van der Waals surface area contributed by atoms with Crippen molar-refractivity contribution >= 4 is 35.4 Å². The predicted molar refractivity (Wildman–Crippen MR) is 137 cm³/mol. The minimum atomic E-state index is -0.671. The predicted octanol–water partition coefficient (Wildman–Crippen LogP) is 3.33. The van der Waals surface area contributed by atoms with Crippen LogP contribution in [0.15, 0.2) is 42.5 Å². The van der Waals surface area contributed by atoms with Gasteiger partial charge in [-0.05, 0) is 62.6 Å². The van der Waals surface area contributed by atoms with Crippen molar-refractivity contribution in [3.63, 3.8) is 0 Å². The normalized spacial score (nSPS) is 12.9. The molecule has 0 aromatic heterocycles. The van der Waals surface area contributed by atoms with Crippen molar-refractivity contribution in [1.29, 1.82) is 0 Å². The summed E-state index contributed by atoms with van der Waals surface area (Å²) in [4.78, 5) is 62.7. The number of anilines is 1. The number of fused-ring (bicyclic) bond motifs is 1. The van der Waals surface area contributed by atoms with E-state index in [0.717, 1.165) is 5.56 Å². The van der Waals surface area contributed by atoms with Crippen LogP contribution in [0.5, 0.6) is 0 Å². The summed E-state index contributed by atoms with van der Waals surface area (Å²) in [5, 5.41) is 7.84. The number of benzene rings is 2. The summed E-state index contributed by atoms with van der Waals surface area (Å²) in [5.41, 5.74) is 1.45. The smallest absolute Gasteiger partial charge is 0.408 e. The highest BCUT2D eigenvalue weighted by Crippen LogP contribution is 2.25. The van der Waals surface area contributed by atoms with Crippen molar-refractivity contribution in [1.82, 2.24) is 15.5 Å². The van der Waals surface area contributed by atoms with E-state index < -0.39 is 23.5 Å². The van der Waals surface area contributed by atoms with Crippen molar-refractivity contribution in [3.05, 3.63) is 64.7 Å². The van der Waals surface area contributed by atoms with E-state index in [9.17, 15) is 24.0 Å². The van der Waals surface area contributed by atoms with Gasteiger partial charge in [-0.15, -0.1) is 0 Å². The number of hydrogen-bond donors (Lipinski definition) is 3. The molecule has 0 atom stereocenters. The third-order valence-corrected chi connectivity index (χ3v) is 5.27. The van der Waals surface area contributed by atoms with E-state index in [1.165, 1.54) is 23.1 Å². The first-order valence-electron chi connectivity index (χ1n) is 12.0. The lowest BCUT2D eigenvalue weighted by Gasteiger charge is -2.19. The molecule has 0 aliphatic carbocycles. The maximum atomic E-state index is 12.8. The quantitative estimate of drug-likeness (QED) is 0.469. The largest absolute Gasteiger partial charge is 0.444 e. The summed E-state index contributed by atoms with van der Waals surface area (Å²) >= 11 is 0. The SMILES string of the molecule is CC(C)CN1C(=O)c2ccc(C(=O)Nc3ccc(CNC(=O)CNC(=O)OC(C)(C)C)cc3)cc2C1=O. The van der Waals surface area contributed by atoms with Crippen molar-refractivity contribution in [2.75, 3.05) is 18.4 Å². The molecule has 0 fully saturated rings. The maximum absolute atomic E-state index is 12.8. The van der Waals surface area contributed by atoms with Gasteiger partial charge < -0.3 is 20.7 Å². The molecule has 0 saturated heterocycles. The first kappa shape index (κ1) is 27.4. The van der Waals surface area contributed by atoms with Gasteiger partial charge >= 0.3 is 6.09 Å². The molecular weight excluding hydrogens is 476 g/mol. The lowest BCUT2D eigenvalue weighted by atomic mass is 10.1. The summed E-state index contributed by atoms with van der Waals surface area (Å²) in [6.45, 7) is 9.38. The van der Waals surface area contributed by atoms with E-state index in [0.29, 0.717) is 17.8 Å². The van der Waals surface area contributed by atoms with E-state index in [1.54, 1.807) is 45.0 Å². The molecule has 3 rings (SSSR count). The molecule has 1 aliphatic heterocycles. The Kier molecular flexibility index (Phi) is 8.31. The van der Waals surface area contributed by atoms with E-state index in [2.05, 4.69) is 16.0 Å². The minimum absolute atomic E-state index is 0.134. The molecule has 196 valence electrons. The number of nitrogens with zero attached hydrogens (tertiary/aromatic N) is 1. The molecular formula is C27H32N4O6. The molecule has 0 radical (unpaired) electrons. The molecule has 1 aliphatic rings. The van der Waals surface area contributed by atoms with Gasteiger partial charge in [-0.3, -0.25) is 24.1 Å². The second kappa shape index (κ2) is 11.2. The first-order chi connectivity index (χ1) is 17.3. The molecule has 10 nitrogen and oxygen atoms in total. The third kappa shape index (κ3) is 7.39. The monoisotopic (exact) mass is 508 g/mol. The van der Waals surface area contributed by atoms with Crippen molar-refractivity contribution in [3.8, 4) is 0 Å². The van der Waals surface area contributed by atoms with Crippen LogP contribution in [0.2, 0.25) is 0 Å². The molecule has 10 heteroatoms. The molecule has 5 amide bonds. The molecule has 2 aromatic carbocycles. The highest BCUT2D eigenvalue weighted by molar-refractivity contribution is 6.22. The van der Waals surface area contributed by atoms with Gasteiger partial charge in [0.15, 0.2) is 0 Å². The molecule has 3 N–H and O–H groups in total. The Hall–Kier alpha value is -4.21. The van der Waals surface area contributed by atoms with Crippen LogP contribution in [0, 0.1) is 5.92 Å². The number of carbonyl (C=O) groups is 5. The second-order valence-electron chi connectivity index (χ2n) is 10.2. The van der Waals surface area contributed by atoms with Gasteiger partial charge in [0.1, 0.15) is 12.1 Å². The van der Waals surface area contributed by atoms with Crippen LogP contribution in [0.25, 0.3) is 0 Å². The number of alkyl carbamates (subject to hydrolysis) is 1. The maximum Gasteiger partial charge on any atom is 0.408 e. The fourth-order valence-corrected chi connectivity index (χ4v) is 3.60. The topological polar surface area (TPSA) is 134 Å². The van der Waals surface area contributed by atoms with E-state index in [4.69, 9.17) is 4.74 Å². The fraction of sp³-hybridized carbons (Fsp3) is 0.370. The number of ether oxygens (including phenoxy) is 1. The van der Waals surface area contributed by atoms with Gasteiger partial charge in [-0.25, -0.2) is 4.79 Å². The standard InChI is InChI=1S/C27H32N4O6/c1-16(2)15-31-24(34)20-11-8-18(12-21(20)25(31)35)23(33)30-19-9-6-17(7-10-19)13-28-22(32)14-29-26(36)37-27(3,4)5/h6-12,16H,13-15H2,1-5H3,(H,28,32)(H,29,36)(H,30,33). The van der Waals surface area contributed by atoms with Crippen LogP contribution in [0.4, 0.5) is 10.5 Å². The van der Waals surface area contributed by atoms with E-state index in [-0.39, 0.29) is 41.9 Å². The summed E-state index contributed by atoms with van der Waals surface area (Å²) in [6, 6.07) is 11.3. The second-order valence-corrected chi connectivity index (χ2v) is 10.2. The van der Waals surface area contributed by atoms with Crippen molar-refractivity contribution in [2.45, 2.75) is 46.8 Å².